The third-order valence-corrected chi connectivity index (χ3v) is 4.21. The van der Waals surface area contributed by atoms with E-state index in [1.165, 1.54) is 6.07 Å². The maximum Gasteiger partial charge on any atom is 0.433 e. The van der Waals surface area contributed by atoms with E-state index in [9.17, 15) is 22.8 Å². The van der Waals surface area contributed by atoms with Gasteiger partial charge in [0.2, 0.25) is 0 Å². The SMILES string of the molecule is CC(CC(=O)c1cc(=O)[nH]c(-c2ccccc2)n1)c1ccc(C(F)(F)F)nc1. The molecule has 0 amide bonds. The Bertz CT molecular complexity index is 1030. The van der Waals surface area contributed by atoms with Crippen molar-refractivity contribution in [1.82, 2.24) is 15.0 Å². The highest BCUT2D eigenvalue weighted by molar-refractivity contribution is 5.95. The summed E-state index contributed by atoms with van der Waals surface area (Å²) in [7, 11) is 0. The number of rotatable bonds is 5. The van der Waals surface area contributed by atoms with E-state index < -0.39 is 17.4 Å². The van der Waals surface area contributed by atoms with E-state index in [0.717, 1.165) is 18.3 Å². The van der Waals surface area contributed by atoms with Gasteiger partial charge in [-0.2, -0.15) is 13.2 Å². The maximum atomic E-state index is 12.6. The summed E-state index contributed by atoms with van der Waals surface area (Å²) in [6.07, 6.45) is -3.42. The predicted molar refractivity (Wildman–Crippen MR) is 96.9 cm³/mol. The van der Waals surface area contributed by atoms with Gasteiger partial charge in [0.1, 0.15) is 17.2 Å². The van der Waals surface area contributed by atoms with E-state index in [2.05, 4.69) is 15.0 Å². The van der Waals surface area contributed by atoms with Crippen LogP contribution in [0.15, 0.2) is 59.5 Å². The van der Waals surface area contributed by atoms with Crippen molar-refractivity contribution in [3.63, 3.8) is 0 Å². The van der Waals surface area contributed by atoms with Crippen molar-refractivity contribution in [2.75, 3.05) is 0 Å². The molecule has 3 aromatic rings. The lowest BCUT2D eigenvalue weighted by Crippen LogP contribution is -2.15. The van der Waals surface area contributed by atoms with E-state index in [1.54, 1.807) is 31.2 Å². The molecule has 0 aliphatic heterocycles. The molecule has 5 nitrogen and oxygen atoms in total. The zero-order chi connectivity index (χ0) is 20.3. The Morgan fingerprint density at radius 2 is 1.86 bits per heavy atom. The Morgan fingerprint density at radius 1 is 1.14 bits per heavy atom. The number of pyridine rings is 1. The van der Waals surface area contributed by atoms with Gasteiger partial charge in [-0.3, -0.25) is 14.6 Å². The lowest BCUT2D eigenvalue weighted by molar-refractivity contribution is -0.141. The molecule has 2 aromatic heterocycles. The molecule has 28 heavy (non-hydrogen) atoms. The highest BCUT2D eigenvalue weighted by atomic mass is 19.4. The minimum Gasteiger partial charge on any atom is -0.306 e. The molecule has 144 valence electrons. The Kier molecular flexibility index (Phi) is 5.39. The molecule has 0 saturated heterocycles. The molecule has 0 aliphatic carbocycles. The van der Waals surface area contributed by atoms with Crippen molar-refractivity contribution in [2.45, 2.75) is 25.4 Å². The third-order valence-electron chi connectivity index (χ3n) is 4.21. The third kappa shape index (κ3) is 4.51. The fraction of sp³-hybridized carbons (Fsp3) is 0.200. The van der Waals surface area contributed by atoms with Gasteiger partial charge < -0.3 is 4.98 Å². The molecule has 0 fully saturated rings. The summed E-state index contributed by atoms with van der Waals surface area (Å²) in [5.74, 6) is -0.487. The number of halogens is 3. The molecule has 2 heterocycles. The van der Waals surface area contributed by atoms with Crippen molar-refractivity contribution in [3.8, 4) is 11.4 Å². The zero-order valence-electron chi connectivity index (χ0n) is 14.8. The Labute approximate surface area is 158 Å². The summed E-state index contributed by atoms with van der Waals surface area (Å²) in [5, 5.41) is 0. The van der Waals surface area contributed by atoms with Crippen LogP contribution in [0.4, 0.5) is 13.2 Å². The van der Waals surface area contributed by atoms with Crippen LogP contribution in [0.3, 0.4) is 0 Å². The molecule has 0 spiro atoms. The monoisotopic (exact) mass is 387 g/mol. The molecular formula is C20H16F3N3O2. The number of aromatic amines is 1. The number of alkyl halides is 3. The summed E-state index contributed by atoms with van der Waals surface area (Å²) in [5.41, 5.74) is -0.280. The number of nitrogens with zero attached hydrogens (tertiary/aromatic N) is 2. The number of H-pyrrole nitrogens is 1. The number of aromatic nitrogens is 3. The molecule has 3 rings (SSSR count). The molecule has 0 bridgehead atoms. The fourth-order valence-electron chi connectivity index (χ4n) is 2.70. The topological polar surface area (TPSA) is 75.7 Å². The largest absolute Gasteiger partial charge is 0.433 e. The van der Waals surface area contributed by atoms with Gasteiger partial charge >= 0.3 is 6.18 Å². The number of carbonyl (C=O) groups excluding carboxylic acids is 1. The van der Waals surface area contributed by atoms with E-state index in [1.807, 2.05) is 6.07 Å². The van der Waals surface area contributed by atoms with Gasteiger partial charge in [0.05, 0.1) is 0 Å². The summed E-state index contributed by atoms with van der Waals surface area (Å²) in [6.45, 7) is 1.70. The molecule has 1 aromatic carbocycles. The van der Waals surface area contributed by atoms with Gasteiger partial charge in [-0.1, -0.05) is 43.3 Å². The number of carbonyl (C=O) groups is 1. The molecule has 0 saturated carbocycles. The van der Waals surface area contributed by atoms with Crippen LogP contribution in [-0.2, 0) is 6.18 Å². The van der Waals surface area contributed by atoms with Crippen LogP contribution in [0.2, 0.25) is 0 Å². The Balaban J connectivity index is 1.79. The zero-order valence-corrected chi connectivity index (χ0v) is 14.8. The van der Waals surface area contributed by atoms with Gasteiger partial charge in [-0.05, 0) is 17.5 Å². The van der Waals surface area contributed by atoms with Crippen molar-refractivity contribution in [2.24, 2.45) is 0 Å². The highest BCUT2D eigenvalue weighted by Gasteiger charge is 2.32. The number of Topliss-reactive ketones (excluding diaryl/α,β-unsaturated/α-hetero) is 1. The van der Waals surface area contributed by atoms with Crippen LogP contribution in [-0.4, -0.2) is 20.7 Å². The Hall–Kier alpha value is -3.29. The van der Waals surface area contributed by atoms with Gasteiger partial charge in [0, 0.05) is 24.2 Å². The maximum absolute atomic E-state index is 12.6. The number of benzene rings is 1. The van der Waals surface area contributed by atoms with Gasteiger partial charge in [-0.15, -0.1) is 0 Å². The average molecular weight is 387 g/mol. The lowest BCUT2D eigenvalue weighted by atomic mass is 9.95. The first-order valence-corrected chi connectivity index (χ1v) is 8.47. The molecule has 0 aliphatic rings. The van der Waals surface area contributed by atoms with E-state index in [4.69, 9.17) is 0 Å². The highest BCUT2D eigenvalue weighted by Crippen LogP contribution is 2.29. The van der Waals surface area contributed by atoms with Crippen molar-refractivity contribution < 1.29 is 18.0 Å². The molecule has 1 unspecified atom stereocenters. The standard InChI is InChI=1S/C20H16F3N3O2/c1-12(14-7-8-17(24-11-14)20(21,22)23)9-16(27)15-10-18(28)26-19(25-15)13-5-3-2-4-6-13/h2-8,10-12H,9H2,1H3,(H,25,26,28). The summed E-state index contributed by atoms with van der Waals surface area (Å²) >= 11 is 0. The van der Waals surface area contributed by atoms with Crippen LogP contribution in [0, 0.1) is 0 Å². The molecule has 1 N–H and O–H groups in total. The van der Waals surface area contributed by atoms with E-state index >= 15 is 0 Å². The van der Waals surface area contributed by atoms with Gasteiger partial charge in [0.15, 0.2) is 5.78 Å². The van der Waals surface area contributed by atoms with Gasteiger partial charge in [-0.25, -0.2) is 4.98 Å². The minimum absolute atomic E-state index is 0.00863. The normalized spacial score (nSPS) is 12.6. The summed E-state index contributed by atoms with van der Waals surface area (Å²) < 4.78 is 37.8. The van der Waals surface area contributed by atoms with Gasteiger partial charge in [0.25, 0.3) is 5.56 Å². The second-order valence-electron chi connectivity index (χ2n) is 6.35. The Morgan fingerprint density at radius 3 is 2.46 bits per heavy atom. The quantitative estimate of drug-likeness (QED) is 0.665. The van der Waals surface area contributed by atoms with Crippen LogP contribution in [0.1, 0.15) is 41.0 Å². The van der Waals surface area contributed by atoms with E-state index in [0.29, 0.717) is 11.1 Å². The fourth-order valence-corrected chi connectivity index (χ4v) is 2.70. The summed E-state index contributed by atoms with van der Waals surface area (Å²) in [4.78, 5) is 34.7. The predicted octanol–water partition coefficient (Wildman–Crippen LogP) is 4.23. The first-order valence-electron chi connectivity index (χ1n) is 8.47. The van der Waals surface area contributed by atoms with Crippen LogP contribution >= 0.6 is 0 Å². The second kappa shape index (κ2) is 7.75. The second-order valence-corrected chi connectivity index (χ2v) is 6.35. The van der Waals surface area contributed by atoms with Crippen LogP contribution in [0.5, 0.6) is 0 Å². The molecular weight excluding hydrogens is 371 g/mol. The van der Waals surface area contributed by atoms with Crippen LogP contribution in [0.25, 0.3) is 11.4 Å². The van der Waals surface area contributed by atoms with E-state index in [-0.39, 0.29) is 29.6 Å². The first kappa shape index (κ1) is 19.5. The number of nitrogens with one attached hydrogen (secondary N) is 1. The molecule has 8 heteroatoms. The summed E-state index contributed by atoms with van der Waals surface area (Å²) in [6, 6.07) is 12.2. The smallest absolute Gasteiger partial charge is 0.306 e. The van der Waals surface area contributed by atoms with Crippen LogP contribution < -0.4 is 5.56 Å². The molecule has 0 radical (unpaired) electrons. The lowest BCUT2D eigenvalue weighted by Gasteiger charge is -2.12. The first-order chi connectivity index (χ1) is 13.2. The number of hydrogen-bond donors (Lipinski definition) is 1. The minimum atomic E-state index is -4.51. The number of ketones is 1. The average Bonchev–Trinajstić information content (AvgIpc) is 2.67. The van der Waals surface area contributed by atoms with Crippen molar-refractivity contribution in [3.05, 3.63) is 82.0 Å². The molecule has 1 atom stereocenters. The number of hydrogen-bond acceptors (Lipinski definition) is 4. The van der Waals surface area contributed by atoms with Crippen molar-refractivity contribution in [1.29, 1.82) is 0 Å². The van der Waals surface area contributed by atoms with Crippen molar-refractivity contribution >= 4 is 5.78 Å².